The van der Waals surface area contributed by atoms with Gasteiger partial charge in [0, 0.05) is 24.0 Å². The number of hydrogen-bond donors (Lipinski definition) is 1. The second kappa shape index (κ2) is 8.84. The predicted octanol–water partition coefficient (Wildman–Crippen LogP) is 6.21. The quantitative estimate of drug-likeness (QED) is 0.333. The monoisotopic (exact) mass is 468 g/mol. The highest BCUT2D eigenvalue weighted by molar-refractivity contribution is 6.01. The topological polar surface area (TPSA) is 55.6 Å². The summed E-state index contributed by atoms with van der Waals surface area (Å²) < 4.78 is 18.1. The molecule has 0 radical (unpaired) electrons. The van der Waals surface area contributed by atoms with Gasteiger partial charge in [0.1, 0.15) is 11.5 Å². The van der Waals surface area contributed by atoms with Crippen LogP contribution in [0, 0.1) is 11.7 Å². The number of imidazole rings is 1. The van der Waals surface area contributed by atoms with E-state index in [0.717, 1.165) is 52.5 Å². The smallest absolute Gasteiger partial charge is 0.329 e. The van der Waals surface area contributed by atoms with E-state index in [-0.39, 0.29) is 17.5 Å². The Balaban J connectivity index is 1.44. The first-order valence-corrected chi connectivity index (χ1v) is 12.5. The highest BCUT2D eigenvalue weighted by Crippen LogP contribution is 2.36. The van der Waals surface area contributed by atoms with E-state index in [1.807, 2.05) is 57.9 Å². The summed E-state index contributed by atoms with van der Waals surface area (Å²) in [6.07, 6.45) is 8.76. The van der Waals surface area contributed by atoms with Crippen molar-refractivity contribution in [1.82, 2.24) is 19.1 Å². The van der Waals surface area contributed by atoms with Crippen LogP contribution < -0.4 is 5.69 Å². The van der Waals surface area contributed by atoms with Gasteiger partial charge >= 0.3 is 5.69 Å². The number of H-pyrrole nitrogens is 1. The first-order chi connectivity index (χ1) is 17.1. The van der Waals surface area contributed by atoms with Crippen molar-refractivity contribution in [3.63, 3.8) is 0 Å². The molecule has 178 valence electrons. The van der Waals surface area contributed by atoms with Gasteiger partial charge < -0.3 is 4.98 Å². The van der Waals surface area contributed by atoms with Gasteiger partial charge in [-0.05, 0) is 47.6 Å². The number of rotatable bonds is 5. The molecule has 0 bridgehead atoms. The Kier molecular flexibility index (Phi) is 5.51. The van der Waals surface area contributed by atoms with Crippen molar-refractivity contribution >= 4 is 22.1 Å². The molecule has 2 aromatic carbocycles. The number of nitrogens with zero attached hydrogens (tertiary/aromatic N) is 3. The van der Waals surface area contributed by atoms with E-state index in [2.05, 4.69) is 23.0 Å². The second-order valence-electron chi connectivity index (χ2n) is 9.89. The van der Waals surface area contributed by atoms with Gasteiger partial charge in [-0.25, -0.2) is 14.2 Å². The molecule has 2 atom stereocenters. The predicted molar refractivity (Wildman–Crippen MR) is 137 cm³/mol. The molecule has 35 heavy (non-hydrogen) atoms. The maximum Gasteiger partial charge on any atom is 0.329 e. The zero-order chi connectivity index (χ0) is 23.9. The number of aromatic amines is 1. The number of halogens is 1. The third-order valence-electron chi connectivity index (χ3n) is 7.59. The Morgan fingerprint density at radius 2 is 1.89 bits per heavy atom. The third-order valence-corrected chi connectivity index (χ3v) is 7.59. The lowest BCUT2D eigenvalue weighted by atomic mass is 9.85. The zero-order valence-electron chi connectivity index (χ0n) is 19.9. The van der Waals surface area contributed by atoms with Gasteiger partial charge in [-0.15, -0.1) is 0 Å². The van der Waals surface area contributed by atoms with Gasteiger partial charge in [0.15, 0.2) is 0 Å². The zero-order valence-corrected chi connectivity index (χ0v) is 19.9. The molecule has 0 spiro atoms. The van der Waals surface area contributed by atoms with Crippen LogP contribution >= 0.6 is 0 Å². The molecule has 1 fully saturated rings. The maximum absolute atomic E-state index is 14.2. The average molecular weight is 469 g/mol. The molecule has 6 rings (SSSR count). The van der Waals surface area contributed by atoms with Crippen LogP contribution in [0.4, 0.5) is 4.39 Å². The summed E-state index contributed by atoms with van der Waals surface area (Å²) in [5.41, 5.74) is 5.38. The summed E-state index contributed by atoms with van der Waals surface area (Å²) in [4.78, 5) is 21.8. The summed E-state index contributed by atoms with van der Waals surface area (Å²) in [5, 5.41) is 0.990. The lowest BCUT2D eigenvalue weighted by molar-refractivity contribution is 0.256. The lowest BCUT2D eigenvalue weighted by Crippen LogP contribution is -2.32. The van der Waals surface area contributed by atoms with E-state index < -0.39 is 0 Å². The van der Waals surface area contributed by atoms with E-state index >= 15 is 0 Å². The Morgan fingerprint density at radius 1 is 1.06 bits per heavy atom. The molecule has 1 saturated carbocycles. The minimum Gasteiger partial charge on any atom is -0.346 e. The fraction of sp³-hybridized carbons (Fsp3) is 0.310. The van der Waals surface area contributed by atoms with E-state index in [1.54, 1.807) is 6.07 Å². The summed E-state index contributed by atoms with van der Waals surface area (Å²) in [5.74, 6) is 0.257. The van der Waals surface area contributed by atoms with Crippen molar-refractivity contribution in [2.24, 2.45) is 5.92 Å². The Hall–Kier alpha value is -3.67. The van der Waals surface area contributed by atoms with Crippen LogP contribution in [0.1, 0.15) is 55.3 Å². The van der Waals surface area contributed by atoms with Crippen LogP contribution in [0.5, 0.6) is 0 Å². The maximum atomic E-state index is 14.2. The van der Waals surface area contributed by atoms with Crippen molar-refractivity contribution in [3.05, 3.63) is 100.0 Å². The minimum absolute atomic E-state index is 0.0220. The Labute approximate surface area is 203 Å². The molecular formula is C29H29FN4O. The van der Waals surface area contributed by atoms with Crippen LogP contribution in [-0.4, -0.2) is 19.1 Å². The molecular weight excluding hydrogens is 439 g/mol. The summed E-state index contributed by atoms with van der Waals surface area (Å²) in [6.45, 7) is 2.72. The van der Waals surface area contributed by atoms with Crippen LogP contribution in [0.25, 0.3) is 22.1 Å². The fourth-order valence-corrected chi connectivity index (χ4v) is 5.79. The molecule has 0 unspecified atom stereocenters. The van der Waals surface area contributed by atoms with E-state index in [4.69, 9.17) is 0 Å². The molecule has 1 aliphatic rings. The molecule has 3 aromatic heterocycles. The Bertz CT molecular complexity index is 1580. The molecule has 1 aliphatic carbocycles. The number of nitrogens with one attached hydrogen (secondary N) is 1. The Morgan fingerprint density at radius 3 is 2.74 bits per heavy atom. The van der Waals surface area contributed by atoms with Gasteiger partial charge in [0.25, 0.3) is 0 Å². The summed E-state index contributed by atoms with van der Waals surface area (Å²) in [7, 11) is 0. The van der Waals surface area contributed by atoms with E-state index in [9.17, 15) is 9.18 Å². The van der Waals surface area contributed by atoms with Crippen molar-refractivity contribution < 1.29 is 4.39 Å². The molecule has 0 amide bonds. The van der Waals surface area contributed by atoms with Crippen molar-refractivity contribution in [2.75, 3.05) is 0 Å². The van der Waals surface area contributed by atoms with Gasteiger partial charge in [0.2, 0.25) is 0 Å². The standard InChI is InChI=1S/C29H29FN4O/c1-19-7-2-5-12-25(19)34-27-23-13-14-31-28(23)32-17-26(27)33(29(34)35)18-21-9-6-8-20(15-21)16-22-10-3-4-11-24(22)30/h3-4,6,8-11,13-15,17,19,25H,2,5,7,12,16,18H2,1H3,(H,31,32)/t19-,25+/m1/s1. The third kappa shape index (κ3) is 3.87. The highest BCUT2D eigenvalue weighted by atomic mass is 19.1. The van der Waals surface area contributed by atoms with Crippen LogP contribution in [0.3, 0.4) is 0 Å². The van der Waals surface area contributed by atoms with Crippen molar-refractivity contribution in [1.29, 1.82) is 0 Å². The molecule has 0 aliphatic heterocycles. The number of aromatic nitrogens is 4. The SMILES string of the molecule is C[C@@H]1CCCC[C@@H]1n1c(=O)n(Cc2cccc(Cc3ccccc3F)c2)c2cnc3[nH]ccc3c21. The highest BCUT2D eigenvalue weighted by Gasteiger charge is 2.28. The molecule has 5 nitrogen and oxygen atoms in total. The first kappa shape index (κ1) is 21.8. The molecule has 0 saturated heterocycles. The summed E-state index contributed by atoms with van der Waals surface area (Å²) in [6, 6.07) is 17.2. The van der Waals surface area contributed by atoms with Gasteiger partial charge in [-0.1, -0.05) is 62.2 Å². The van der Waals surface area contributed by atoms with Gasteiger partial charge in [-0.2, -0.15) is 0 Å². The molecule has 3 heterocycles. The largest absolute Gasteiger partial charge is 0.346 e. The van der Waals surface area contributed by atoms with Crippen LogP contribution in [-0.2, 0) is 13.0 Å². The number of hydrogen-bond acceptors (Lipinski definition) is 2. The van der Waals surface area contributed by atoms with E-state index in [0.29, 0.717) is 24.4 Å². The van der Waals surface area contributed by atoms with Gasteiger partial charge in [-0.3, -0.25) is 9.13 Å². The fourth-order valence-electron chi connectivity index (χ4n) is 5.79. The molecule has 6 heteroatoms. The number of fused-ring (bicyclic) bond motifs is 3. The van der Waals surface area contributed by atoms with Crippen LogP contribution in [0.15, 0.2) is 71.8 Å². The van der Waals surface area contributed by atoms with Crippen molar-refractivity contribution in [3.8, 4) is 0 Å². The van der Waals surface area contributed by atoms with Gasteiger partial charge in [0.05, 0.1) is 23.8 Å². The first-order valence-electron chi connectivity index (χ1n) is 12.5. The number of pyridine rings is 1. The lowest BCUT2D eigenvalue weighted by Gasteiger charge is -2.29. The number of benzene rings is 2. The average Bonchev–Trinajstić information content (AvgIpc) is 3.44. The van der Waals surface area contributed by atoms with E-state index in [1.165, 1.54) is 12.5 Å². The molecule has 1 N–H and O–H groups in total. The summed E-state index contributed by atoms with van der Waals surface area (Å²) >= 11 is 0. The normalized spacial score (nSPS) is 18.5. The van der Waals surface area contributed by atoms with Crippen molar-refractivity contribution in [2.45, 2.75) is 51.6 Å². The van der Waals surface area contributed by atoms with Crippen LogP contribution in [0.2, 0.25) is 0 Å². The minimum atomic E-state index is -0.194. The second-order valence-corrected chi connectivity index (χ2v) is 9.89. The molecule has 5 aromatic rings.